The standard InChI is InChI=1S/C17H16OS.C2H6/c1-11-12(2)19-17-10-14(6-9-16(11)17)13-4-7-15(18-3)8-5-13;1-2/h4-10H,1-3H3;1-2H3. The highest BCUT2D eigenvalue weighted by atomic mass is 32.1. The average molecular weight is 298 g/mol. The SMILES string of the molecule is CC.COc1ccc(-c2ccc3c(C)c(C)sc3c2)cc1. The van der Waals surface area contributed by atoms with E-state index in [9.17, 15) is 0 Å². The van der Waals surface area contributed by atoms with Gasteiger partial charge in [0.2, 0.25) is 0 Å². The monoisotopic (exact) mass is 298 g/mol. The van der Waals surface area contributed by atoms with E-state index in [0.717, 1.165) is 5.75 Å². The van der Waals surface area contributed by atoms with Gasteiger partial charge in [-0.1, -0.05) is 38.1 Å². The van der Waals surface area contributed by atoms with Crippen LogP contribution >= 0.6 is 11.3 Å². The van der Waals surface area contributed by atoms with E-state index in [-0.39, 0.29) is 0 Å². The van der Waals surface area contributed by atoms with E-state index >= 15 is 0 Å². The van der Waals surface area contributed by atoms with Crippen molar-refractivity contribution < 1.29 is 4.74 Å². The van der Waals surface area contributed by atoms with Crippen molar-refractivity contribution in [3.8, 4) is 16.9 Å². The number of ether oxygens (including phenoxy) is 1. The van der Waals surface area contributed by atoms with Crippen LogP contribution in [0, 0.1) is 13.8 Å². The third-order valence-electron chi connectivity index (χ3n) is 3.60. The number of aryl methyl sites for hydroxylation is 2. The average Bonchev–Trinajstić information content (AvgIpc) is 2.83. The molecule has 3 aromatic rings. The first-order valence-corrected chi connectivity index (χ1v) is 8.15. The first-order chi connectivity index (χ1) is 10.2. The number of hydrogen-bond acceptors (Lipinski definition) is 2. The molecule has 1 nitrogen and oxygen atoms in total. The maximum atomic E-state index is 5.20. The lowest BCUT2D eigenvalue weighted by atomic mass is 10.0. The Balaban J connectivity index is 0.000000774. The van der Waals surface area contributed by atoms with Crippen LogP contribution in [0.3, 0.4) is 0 Å². The van der Waals surface area contributed by atoms with Gasteiger partial charge in [0.25, 0.3) is 0 Å². The minimum Gasteiger partial charge on any atom is -0.497 e. The van der Waals surface area contributed by atoms with Crippen LogP contribution in [0.1, 0.15) is 24.3 Å². The van der Waals surface area contributed by atoms with Gasteiger partial charge >= 0.3 is 0 Å². The molecule has 0 bridgehead atoms. The van der Waals surface area contributed by atoms with E-state index in [4.69, 9.17) is 4.74 Å². The topological polar surface area (TPSA) is 9.23 Å². The highest BCUT2D eigenvalue weighted by Gasteiger charge is 2.06. The number of methoxy groups -OCH3 is 1. The highest BCUT2D eigenvalue weighted by molar-refractivity contribution is 7.19. The van der Waals surface area contributed by atoms with Crippen LogP contribution in [0.4, 0.5) is 0 Å². The molecule has 3 rings (SSSR count). The Morgan fingerprint density at radius 2 is 1.48 bits per heavy atom. The van der Waals surface area contributed by atoms with Gasteiger partial charge in [-0.05, 0) is 54.1 Å². The Morgan fingerprint density at radius 3 is 2.10 bits per heavy atom. The third-order valence-corrected chi connectivity index (χ3v) is 4.77. The molecule has 2 aromatic carbocycles. The molecule has 0 aliphatic rings. The fraction of sp³-hybridized carbons (Fsp3) is 0.263. The van der Waals surface area contributed by atoms with Crippen LogP contribution in [0.15, 0.2) is 42.5 Å². The summed E-state index contributed by atoms with van der Waals surface area (Å²) in [5.74, 6) is 0.896. The summed E-state index contributed by atoms with van der Waals surface area (Å²) < 4.78 is 6.56. The molecular formula is C19H22OS. The zero-order chi connectivity index (χ0) is 15.4. The second-order valence-electron chi connectivity index (χ2n) is 4.72. The van der Waals surface area contributed by atoms with Crippen molar-refractivity contribution in [3.63, 3.8) is 0 Å². The molecule has 21 heavy (non-hydrogen) atoms. The number of rotatable bonds is 2. The van der Waals surface area contributed by atoms with Crippen LogP contribution in [0.2, 0.25) is 0 Å². The summed E-state index contributed by atoms with van der Waals surface area (Å²) in [7, 11) is 1.69. The second kappa shape index (κ2) is 6.77. The molecule has 0 spiro atoms. The van der Waals surface area contributed by atoms with Gasteiger partial charge in [-0.3, -0.25) is 0 Å². The smallest absolute Gasteiger partial charge is 0.118 e. The van der Waals surface area contributed by atoms with Crippen molar-refractivity contribution in [3.05, 3.63) is 52.9 Å². The fourth-order valence-electron chi connectivity index (χ4n) is 2.31. The molecule has 0 aliphatic heterocycles. The quantitative estimate of drug-likeness (QED) is 0.545. The minimum absolute atomic E-state index is 0.896. The Labute approximate surface area is 131 Å². The molecule has 0 N–H and O–H groups in total. The summed E-state index contributed by atoms with van der Waals surface area (Å²) >= 11 is 1.87. The summed E-state index contributed by atoms with van der Waals surface area (Å²) in [5.41, 5.74) is 3.89. The molecule has 0 radical (unpaired) electrons. The lowest BCUT2D eigenvalue weighted by Gasteiger charge is -2.04. The molecule has 0 amide bonds. The fourth-order valence-corrected chi connectivity index (χ4v) is 3.42. The molecule has 0 aliphatic carbocycles. The van der Waals surface area contributed by atoms with E-state index in [1.54, 1.807) is 7.11 Å². The normalized spacial score (nSPS) is 10.1. The molecule has 0 saturated heterocycles. The Hall–Kier alpha value is -1.80. The third kappa shape index (κ3) is 3.11. The molecule has 1 aromatic heterocycles. The van der Waals surface area contributed by atoms with E-state index in [1.807, 2.05) is 37.3 Å². The number of hydrogen-bond donors (Lipinski definition) is 0. The van der Waals surface area contributed by atoms with Crippen LogP contribution in [-0.4, -0.2) is 7.11 Å². The first-order valence-electron chi connectivity index (χ1n) is 7.33. The predicted molar refractivity (Wildman–Crippen MR) is 94.6 cm³/mol. The molecule has 0 atom stereocenters. The van der Waals surface area contributed by atoms with E-state index < -0.39 is 0 Å². The van der Waals surface area contributed by atoms with E-state index in [1.165, 1.54) is 31.7 Å². The molecule has 0 saturated carbocycles. The number of benzene rings is 2. The van der Waals surface area contributed by atoms with Gasteiger partial charge in [0.1, 0.15) is 5.75 Å². The maximum absolute atomic E-state index is 5.20. The number of thiophene rings is 1. The maximum Gasteiger partial charge on any atom is 0.118 e. The van der Waals surface area contributed by atoms with Gasteiger partial charge in [-0.25, -0.2) is 0 Å². The Bertz CT molecular complexity index is 723. The first kappa shape index (κ1) is 15.6. The van der Waals surface area contributed by atoms with Gasteiger partial charge in [0, 0.05) is 9.58 Å². The lowest BCUT2D eigenvalue weighted by molar-refractivity contribution is 0.415. The second-order valence-corrected chi connectivity index (χ2v) is 5.98. The van der Waals surface area contributed by atoms with Gasteiger partial charge < -0.3 is 4.74 Å². The summed E-state index contributed by atoms with van der Waals surface area (Å²) in [4.78, 5) is 1.40. The van der Waals surface area contributed by atoms with Crippen LogP contribution in [-0.2, 0) is 0 Å². The molecule has 110 valence electrons. The van der Waals surface area contributed by atoms with Crippen molar-refractivity contribution in [2.75, 3.05) is 7.11 Å². The van der Waals surface area contributed by atoms with Gasteiger partial charge in [-0.15, -0.1) is 11.3 Å². The zero-order valence-electron chi connectivity index (χ0n) is 13.4. The zero-order valence-corrected chi connectivity index (χ0v) is 14.2. The van der Waals surface area contributed by atoms with Gasteiger partial charge in [0.05, 0.1) is 7.11 Å². The van der Waals surface area contributed by atoms with Gasteiger partial charge in [-0.2, -0.15) is 0 Å². The van der Waals surface area contributed by atoms with Crippen molar-refractivity contribution in [1.29, 1.82) is 0 Å². The van der Waals surface area contributed by atoms with E-state index in [2.05, 4.69) is 44.2 Å². The summed E-state index contributed by atoms with van der Waals surface area (Å²) in [6, 6.07) is 14.9. The lowest BCUT2D eigenvalue weighted by Crippen LogP contribution is -1.82. The Morgan fingerprint density at radius 1 is 0.857 bits per heavy atom. The summed E-state index contributed by atoms with van der Waals surface area (Å²) in [5, 5.41) is 1.37. The summed E-state index contributed by atoms with van der Waals surface area (Å²) in [6.07, 6.45) is 0. The summed E-state index contributed by atoms with van der Waals surface area (Å²) in [6.45, 7) is 8.38. The molecular weight excluding hydrogens is 276 g/mol. The number of fused-ring (bicyclic) bond motifs is 1. The molecule has 1 heterocycles. The largest absolute Gasteiger partial charge is 0.497 e. The van der Waals surface area contributed by atoms with E-state index in [0.29, 0.717) is 0 Å². The van der Waals surface area contributed by atoms with Crippen molar-refractivity contribution in [2.45, 2.75) is 27.7 Å². The molecule has 2 heteroatoms. The van der Waals surface area contributed by atoms with Crippen molar-refractivity contribution >= 4 is 21.4 Å². The van der Waals surface area contributed by atoms with Crippen LogP contribution < -0.4 is 4.74 Å². The van der Waals surface area contributed by atoms with Crippen molar-refractivity contribution in [2.24, 2.45) is 0 Å². The van der Waals surface area contributed by atoms with Gasteiger partial charge in [0.15, 0.2) is 0 Å². The molecule has 0 unspecified atom stereocenters. The Kier molecular flexibility index (Phi) is 5.03. The van der Waals surface area contributed by atoms with Crippen LogP contribution in [0.5, 0.6) is 5.75 Å². The van der Waals surface area contributed by atoms with Crippen LogP contribution in [0.25, 0.3) is 21.2 Å². The van der Waals surface area contributed by atoms with Crippen molar-refractivity contribution in [1.82, 2.24) is 0 Å². The molecule has 0 fully saturated rings. The minimum atomic E-state index is 0.896. The predicted octanol–water partition coefficient (Wildman–Crippen LogP) is 6.22. The highest BCUT2D eigenvalue weighted by Crippen LogP contribution is 2.33.